The minimum Gasteiger partial charge on any atom is -0.368 e. The van der Waals surface area contributed by atoms with Crippen molar-refractivity contribution in [3.8, 4) is 0 Å². The van der Waals surface area contributed by atoms with Gasteiger partial charge in [-0.3, -0.25) is 28.9 Å². The van der Waals surface area contributed by atoms with Crippen molar-refractivity contribution in [3.63, 3.8) is 0 Å². The largest absolute Gasteiger partial charge is 0.368 e. The van der Waals surface area contributed by atoms with Crippen molar-refractivity contribution in [3.05, 3.63) is 71.8 Å². The molecule has 52 heavy (non-hydrogen) atoms. The molecule has 4 rings (SSSR count). The van der Waals surface area contributed by atoms with Crippen LogP contribution in [0.2, 0.25) is 0 Å². The third kappa shape index (κ3) is 12.1. The summed E-state index contributed by atoms with van der Waals surface area (Å²) in [6.07, 6.45) is 5.32. The zero-order valence-electron chi connectivity index (χ0n) is 31.1. The molecule has 2 aromatic carbocycles. The van der Waals surface area contributed by atoms with Crippen LogP contribution in [0.1, 0.15) is 82.8 Å². The number of piperidine rings is 1. The lowest BCUT2D eigenvalue weighted by Gasteiger charge is -2.39. The SMILES string of the molecule is CC(C)C[C@@H](NC(=O)[C@H](CC(=O)[C@H](N)Cc1ccccc1)Cc1ccccc1)C(=O)C[C@H](CCCN)C(=O)N1CCC(N2CCC[C@H]2C(N)=O)CC1. The zero-order chi connectivity index (χ0) is 37.6. The second-order valence-corrected chi connectivity index (χ2v) is 15.2. The number of carbonyl (C=O) groups is 5. The van der Waals surface area contributed by atoms with Gasteiger partial charge in [-0.25, -0.2) is 0 Å². The Bertz CT molecular complexity index is 1460. The van der Waals surface area contributed by atoms with E-state index in [1.807, 2.05) is 79.4 Å². The van der Waals surface area contributed by atoms with Crippen LogP contribution < -0.4 is 22.5 Å². The van der Waals surface area contributed by atoms with Crippen molar-refractivity contribution >= 4 is 29.3 Å². The van der Waals surface area contributed by atoms with Crippen LogP contribution in [-0.2, 0) is 36.8 Å². The van der Waals surface area contributed by atoms with Gasteiger partial charge in [0.1, 0.15) is 0 Å². The molecular weight excluding hydrogens is 656 g/mol. The molecule has 0 radical (unpaired) electrons. The quantitative estimate of drug-likeness (QED) is 0.161. The van der Waals surface area contributed by atoms with Gasteiger partial charge < -0.3 is 27.4 Å². The first-order chi connectivity index (χ1) is 25.0. The van der Waals surface area contributed by atoms with E-state index in [2.05, 4.69) is 10.2 Å². The molecule has 0 aliphatic carbocycles. The smallest absolute Gasteiger partial charge is 0.234 e. The molecule has 2 aliphatic heterocycles. The predicted octanol–water partition coefficient (Wildman–Crippen LogP) is 3.16. The summed E-state index contributed by atoms with van der Waals surface area (Å²) in [7, 11) is 0. The predicted molar refractivity (Wildman–Crippen MR) is 203 cm³/mol. The Hall–Kier alpha value is -3.93. The average molecular weight is 717 g/mol. The number of nitrogens with one attached hydrogen (secondary N) is 1. The van der Waals surface area contributed by atoms with Gasteiger partial charge in [0.05, 0.1) is 18.1 Å². The first kappa shape index (κ1) is 40.8. The molecule has 5 atom stereocenters. The summed E-state index contributed by atoms with van der Waals surface area (Å²) in [6.45, 7) is 6.31. The Balaban J connectivity index is 1.43. The number of Topliss-reactive ketones (excluding diaryl/α,β-unsaturated/α-hetero) is 2. The molecule has 2 aromatic rings. The van der Waals surface area contributed by atoms with Crippen molar-refractivity contribution in [2.45, 2.75) is 109 Å². The van der Waals surface area contributed by atoms with Crippen molar-refractivity contribution in [2.75, 3.05) is 26.2 Å². The third-order valence-electron chi connectivity index (χ3n) is 10.7. The van der Waals surface area contributed by atoms with Crippen molar-refractivity contribution in [1.82, 2.24) is 15.1 Å². The van der Waals surface area contributed by atoms with Crippen LogP contribution in [0.4, 0.5) is 0 Å². The molecule has 2 fully saturated rings. The summed E-state index contributed by atoms with van der Waals surface area (Å²) >= 11 is 0. The standard InChI is InChI=1S/C41H60N6O5/c1-28(2)23-35(45-40(51)32(24-29-11-5-3-6-12-29)27-37(48)34(43)25-30-13-7-4-8-14-30)38(49)26-31(15-9-19-42)41(52)46-21-17-33(18-22-46)47-20-10-16-36(47)39(44)50/h3-8,11-14,28,31-36H,9-10,15-27,42-43H2,1-2H3,(H2,44,50)(H,45,51)/t31-,32-,34+,35+,36-/m0/s1. The number of ketones is 2. The number of likely N-dealkylation sites (tertiary alicyclic amines) is 2. The highest BCUT2D eigenvalue weighted by Gasteiger charge is 2.38. The highest BCUT2D eigenvalue weighted by Crippen LogP contribution is 2.28. The van der Waals surface area contributed by atoms with Crippen molar-refractivity contribution < 1.29 is 24.0 Å². The highest BCUT2D eigenvalue weighted by atomic mass is 16.2. The second-order valence-electron chi connectivity index (χ2n) is 15.2. The summed E-state index contributed by atoms with van der Waals surface area (Å²) < 4.78 is 0. The number of benzene rings is 2. The first-order valence-corrected chi connectivity index (χ1v) is 19.2. The van der Waals surface area contributed by atoms with Gasteiger partial charge in [0.15, 0.2) is 11.6 Å². The topological polar surface area (TPSA) is 182 Å². The van der Waals surface area contributed by atoms with E-state index in [1.165, 1.54) is 0 Å². The fourth-order valence-corrected chi connectivity index (χ4v) is 7.83. The van der Waals surface area contributed by atoms with Gasteiger partial charge in [-0.05, 0) is 87.9 Å². The monoisotopic (exact) mass is 716 g/mol. The maximum atomic E-state index is 14.1. The number of rotatable bonds is 20. The molecule has 2 saturated heterocycles. The fraction of sp³-hybridized carbons (Fsp3) is 0.585. The Labute approximate surface area is 309 Å². The molecule has 0 saturated carbocycles. The van der Waals surface area contributed by atoms with Crippen LogP contribution in [0.5, 0.6) is 0 Å². The normalized spacial score (nSPS) is 19.2. The Kier molecular flexibility index (Phi) is 16.0. The lowest BCUT2D eigenvalue weighted by atomic mass is 9.87. The van der Waals surface area contributed by atoms with Crippen LogP contribution in [0, 0.1) is 17.8 Å². The van der Waals surface area contributed by atoms with Crippen molar-refractivity contribution in [1.29, 1.82) is 0 Å². The average Bonchev–Trinajstić information content (AvgIpc) is 3.64. The molecule has 0 spiro atoms. The number of nitrogens with two attached hydrogens (primary N) is 3. The number of hydrogen-bond donors (Lipinski definition) is 4. The minimum atomic E-state index is -0.807. The maximum absolute atomic E-state index is 14.1. The van der Waals surface area contributed by atoms with Gasteiger partial charge in [-0.15, -0.1) is 0 Å². The number of amides is 3. The molecule has 0 unspecified atom stereocenters. The third-order valence-corrected chi connectivity index (χ3v) is 10.7. The Morgan fingerprint density at radius 2 is 1.40 bits per heavy atom. The van der Waals surface area contributed by atoms with Gasteiger partial charge >= 0.3 is 0 Å². The van der Waals surface area contributed by atoms with E-state index in [0.717, 1.165) is 43.4 Å². The van der Waals surface area contributed by atoms with E-state index >= 15 is 0 Å². The molecule has 11 nitrogen and oxygen atoms in total. The highest BCUT2D eigenvalue weighted by molar-refractivity contribution is 5.94. The van der Waals surface area contributed by atoms with E-state index < -0.39 is 23.9 Å². The Morgan fingerprint density at radius 1 is 0.808 bits per heavy atom. The number of hydrogen-bond acceptors (Lipinski definition) is 8. The minimum absolute atomic E-state index is 0.00344. The van der Waals surface area contributed by atoms with Gasteiger partial charge in [-0.1, -0.05) is 74.5 Å². The zero-order valence-corrected chi connectivity index (χ0v) is 31.1. The van der Waals surface area contributed by atoms with Crippen LogP contribution in [0.25, 0.3) is 0 Å². The summed E-state index contributed by atoms with van der Waals surface area (Å²) in [4.78, 5) is 71.5. The molecule has 3 amide bonds. The lowest BCUT2D eigenvalue weighted by molar-refractivity contribution is -0.141. The summed E-state index contributed by atoms with van der Waals surface area (Å²) in [5.41, 5.74) is 19.7. The number of primary amides is 1. The molecule has 0 aromatic heterocycles. The first-order valence-electron chi connectivity index (χ1n) is 19.2. The van der Waals surface area contributed by atoms with Crippen LogP contribution in [0.15, 0.2) is 60.7 Å². The number of carbonyl (C=O) groups excluding carboxylic acids is 5. The van der Waals surface area contributed by atoms with E-state index in [9.17, 15) is 24.0 Å². The van der Waals surface area contributed by atoms with Crippen LogP contribution in [0.3, 0.4) is 0 Å². The molecular formula is C41H60N6O5. The molecule has 7 N–H and O–H groups in total. The second kappa shape index (κ2) is 20.3. The van der Waals surface area contributed by atoms with E-state index in [4.69, 9.17) is 17.2 Å². The lowest BCUT2D eigenvalue weighted by Crippen LogP contribution is -2.52. The van der Waals surface area contributed by atoms with Gasteiger partial charge in [0.25, 0.3) is 0 Å². The molecule has 11 heteroatoms. The van der Waals surface area contributed by atoms with E-state index in [1.54, 1.807) is 0 Å². The number of nitrogens with zero attached hydrogens (tertiary/aromatic N) is 2. The summed E-state index contributed by atoms with van der Waals surface area (Å²) in [6, 6.07) is 17.5. The van der Waals surface area contributed by atoms with Gasteiger partial charge in [0.2, 0.25) is 17.7 Å². The molecule has 0 bridgehead atoms. The summed E-state index contributed by atoms with van der Waals surface area (Å²) in [5, 5.41) is 3.02. The van der Waals surface area contributed by atoms with Gasteiger partial charge in [-0.2, -0.15) is 0 Å². The van der Waals surface area contributed by atoms with E-state index in [-0.39, 0.29) is 60.1 Å². The van der Waals surface area contributed by atoms with Crippen LogP contribution >= 0.6 is 0 Å². The molecule has 284 valence electrons. The van der Waals surface area contributed by atoms with Gasteiger partial charge in [0, 0.05) is 43.8 Å². The Morgan fingerprint density at radius 3 is 1.98 bits per heavy atom. The fourth-order valence-electron chi connectivity index (χ4n) is 7.83. The van der Waals surface area contributed by atoms with Crippen molar-refractivity contribution in [2.24, 2.45) is 35.0 Å². The molecule has 2 heterocycles. The maximum Gasteiger partial charge on any atom is 0.234 e. The van der Waals surface area contributed by atoms with E-state index in [0.29, 0.717) is 51.7 Å². The van der Waals surface area contributed by atoms with Crippen LogP contribution in [-0.4, -0.2) is 89.4 Å². The summed E-state index contributed by atoms with van der Waals surface area (Å²) in [5.74, 6) is -2.31. The molecule has 2 aliphatic rings.